The summed E-state index contributed by atoms with van der Waals surface area (Å²) in [5, 5.41) is 0. The Bertz CT molecular complexity index is 198. The molecule has 0 aromatic rings. The first-order valence-electron chi connectivity index (χ1n) is 9.33. The molecule has 20 heavy (non-hydrogen) atoms. The van der Waals surface area contributed by atoms with Gasteiger partial charge in [0.25, 0.3) is 0 Å². The lowest BCUT2D eigenvalue weighted by molar-refractivity contribution is -0.119. The predicted octanol–water partition coefficient (Wildman–Crippen LogP) is 6.84. The van der Waals surface area contributed by atoms with Gasteiger partial charge in [-0.25, -0.2) is 0 Å². The van der Waals surface area contributed by atoms with E-state index in [1.165, 1.54) is 77.0 Å². The van der Waals surface area contributed by atoms with Gasteiger partial charge < -0.3 is 0 Å². The summed E-state index contributed by atoms with van der Waals surface area (Å²) < 4.78 is 0. The maximum absolute atomic E-state index is 11.6. The zero-order valence-electron chi connectivity index (χ0n) is 14.2. The Hall–Kier alpha value is -0.330. The van der Waals surface area contributed by atoms with Crippen molar-refractivity contribution in [3.8, 4) is 0 Å². The predicted molar refractivity (Wildman–Crippen MR) is 90.2 cm³/mol. The number of carbonyl (C=O) groups is 1. The van der Waals surface area contributed by atoms with Crippen molar-refractivity contribution in [3.05, 3.63) is 0 Å². The van der Waals surface area contributed by atoms with Gasteiger partial charge in [-0.05, 0) is 12.8 Å². The van der Waals surface area contributed by atoms with Gasteiger partial charge in [0, 0.05) is 12.8 Å². The fraction of sp³-hybridized carbons (Fsp3) is 0.947. The molecule has 0 spiro atoms. The van der Waals surface area contributed by atoms with Gasteiger partial charge in [-0.15, -0.1) is 0 Å². The Balaban J connectivity index is 3.09. The summed E-state index contributed by atoms with van der Waals surface area (Å²) >= 11 is 0. The van der Waals surface area contributed by atoms with Crippen LogP contribution in [-0.4, -0.2) is 5.78 Å². The molecule has 0 aliphatic carbocycles. The molecule has 0 amide bonds. The van der Waals surface area contributed by atoms with Crippen molar-refractivity contribution in [2.75, 3.05) is 0 Å². The Morgan fingerprint density at radius 1 is 0.500 bits per heavy atom. The second-order valence-corrected chi connectivity index (χ2v) is 6.28. The Labute approximate surface area is 127 Å². The molecular formula is C19H38O. The number of rotatable bonds is 16. The van der Waals surface area contributed by atoms with Crippen LogP contribution in [0.4, 0.5) is 0 Å². The summed E-state index contributed by atoms with van der Waals surface area (Å²) in [5.74, 6) is 0.501. The fourth-order valence-electron chi connectivity index (χ4n) is 2.68. The minimum absolute atomic E-state index is 0.501. The van der Waals surface area contributed by atoms with E-state index in [1.807, 2.05) is 0 Å². The lowest BCUT2D eigenvalue weighted by Crippen LogP contribution is -1.97. The quantitative estimate of drug-likeness (QED) is 0.283. The minimum Gasteiger partial charge on any atom is -0.300 e. The summed E-state index contributed by atoms with van der Waals surface area (Å²) in [6.45, 7) is 4.48. The molecule has 0 aromatic heterocycles. The second-order valence-electron chi connectivity index (χ2n) is 6.28. The van der Waals surface area contributed by atoms with Crippen molar-refractivity contribution >= 4 is 5.78 Å². The molecule has 0 unspecified atom stereocenters. The van der Waals surface area contributed by atoms with Crippen molar-refractivity contribution in [2.24, 2.45) is 0 Å². The first kappa shape index (κ1) is 19.7. The number of carbonyl (C=O) groups excluding carboxylic acids is 1. The Morgan fingerprint density at radius 3 is 1.20 bits per heavy atom. The largest absolute Gasteiger partial charge is 0.300 e. The van der Waals surface area contributed by atoms with Crippen LogP contribution >= 0.6 is 0 Å². The van der Waals surface area contributed by atoms with E-state index in [0.717, 1.165) is 25.7 Å². The first-order chi connectivity index (χ1) is 9.81. The minimum atomic E-state index is 0.501. The number of unbranched alkanes of at least 4 members (excludes halogenated alkanes) is 12. The number of hydrogen-bond donors (Lipinski definition) is 0. The number of hydrogen-bond acceptors (Lipinski definition) is 1. The lowest BCUT2D eigenvalue weighted by Gasteiger charge is -2.03. The summed E-state index contributed by atoms with van der Waals surface area (Å²) in [6, 6.07) is 0. The summed E-state index contributed by atoms with van der Waals surface area (Å²) in [5.41, 5.74) is 0. The van der Waals surface area contributed by atoms with Crippen LogP contribution in [0.15, 0.2) is 0 Å². The molecule has 120 valence electrons. The fourth-order valence-corrected chi connectivity index (χ4v) is 2.68. The molecule has 0 saturated carbocycles. The van der Waals surface area contributed by atoms with Crippen LogP contribution in [0.5, 0.6) is 0 Å². The molecule has 0 fully saturated rings. The molecule has 0 aromatic carbocycles. The van der Waals surface area contributed by atoms with E-state index in [0.29, 0.717) is 5.78 Å². The zero-order valence-corrected chi connectivity index (χ0v) is 14.2. The maximum Gasteiger partial charge on any atom is 0.132 e. The molecule has 0 radical (unpaired) electrons. The van der Waals surface area contributed by atoms with Gasteiger partial charge in [0.05, 0.1) is 0 Å². The summed E-state index contributed by atoms with van der Waals surface area (Å²) in [4.78, 5) is 11.6. The van der Waals surface area contributed by atoms with Crippen LogP contribution in [0.25, 0.3) is 0 Å². The number of Topliss-reactive ketones (excluding diaryl/α,β-unsaturated/α-hetero) is 1. The molecule has 0 aliphatic rings. The van der Waals surface area contributed by atoms with Gasteiger partial charge in [-0.3, -0.25) is 4.79 Å². The first-order valence-corrected chi connectivity index (χ1v) is 9.33. The van der Waals surface area contributed by atoms with Crippen molar-refractivity contribution < 1.29 is 4.79 Å². The third-order valence-electron chi connectivity index (χ3n) is 4.12. The van der Waals surface area contributed by atoms with Gasteiger partial charge in [0.1, 0.15) is 5.78 Å². The van der Waals surface area contributed by atoms with Crippen molar-refractivity contribution in [3.63, 3.8) is 0 Å². The lowest BCUT2D eigenvalue weighted by atomic mass is 10.0. The number of ketones is 1. The summed E-state index contributed by atoms with van der Waals surface area (Å²) in [7, 11) is 0. The van der Waals surface area contributed by atoms with Crippen LogP contribution in [0.1, 0.15) is 117 Å². The second kappa shape index (κ2) is 16.7. The topological polar surface area (TPSA) is 17.1 Å². The summed E-state index contributed by atoms with van der Waals surface area (Å²) in [6.07, 6.45) is 20.0. The Kier molecular flexibility index (Phi) is 16.4. The molecule has 0 atom stereocenters. The Morgan fingerprint density at radius 2 is 0.800 bits per heavy atom. The molecule has 0 heterocycles. The molecule has 0 N–H and O–H groups in total. The molecule has 0 rings (SSSR count). The smallest absolute Gasteiger partial charge is 0.132 e. The van der Waals surface area contributed by atoms with E-state index in [4.69, 9.17) is 0 Å². The monoisotopic (exact) mass is 282 g/mol. The zero-order chi connectivity index (χ0) is 14.9. The molecular weight excluding hydrogens is 244 g/mol. The molecule has 1 nitrogen and oxygen atoms in total. The SMILES string of the molecule is CCCCCCCCCCCCC(=O)CCCCCC. The van der Waals surface area contributed by atoms with E-state index >= 15 is 0 Å². The highest BCUT2D eigenvalue weighted by Gasteiger charge is 2.01. The molecule has 1 heteroatoms. The van der Waals surface area contributed by atoms with Gasteiger partial charge in [-0.2, -0.15) is 0 Å². The van der Waals surface area contributed by atoms with Crippen LogP contribution in [0.2, 0.25) is 0 Å². The molecule has 0 bridgehead atoms. The van der Waals surface area contributed by atoms with E-state index in [-0.39, 0.29) is 0 Å². The van der Waals surface area contributed by atoms with E-state index in [1.54, 1.807) is 0 Å². The molecule has 0 aliphatic heterocycles. The highest BCUT2D eigenvalue weighted by molar-refractivity contribution is 5.78. The van der Waals surface area contributed by atoms with Crippen molar-refractivity contribution in [1.82, 2.24) is 0 Å². The highest BCUT2D eigenvalue weighted by Crippen LogP contribution is 2.12. The van der Waals surface area contributed by atoms with E-state index in [9.17, 15) is 4.79 Å². The van der Waals surface area contributed by atoms with Gasteiger partial charge in [0.15, 0.2) is 0 Å². The van der Waals surface area contributed by atoms with E-state index in [2.05, 4.69) is 13.8 Å². The van der Waals surface area contributed by atoms with Gasteiger partial charge in [-0.1, -0.05) is 90.9 Å². The highest BCUT2D eigenvalue weighted by atomic mass is 16.1. The maximum atomic E-state index is 11.6. The third-order valence-corrected chi connectivity index (χ3v) is 4.12. The van der Waals surface area contributed by atoms with Crippen LogP contribution in [0.3, 0.4) is 0 Å². The van der Waals surface area contributed by atoms with Crippen molar-refractivity contribution in [1.29, 1.82) is 0 Å². The third kappa shape index (κ3) is 15.7. The van der Waals surface area contributed by atoms with Crippen LogP contribution < -0.4 is 0 Å². The normalized spacial score (nSPS) is 10.9. The van der Waals surface area contributed by atoms with Crippen molar-refractivity contribution in [2.45, 2.75) is 117 Å². The average Bonchev–Trinajstić information content (AvgIpc) is 2.45. The average molecular weight is 283 g/mol. The molecule has 0 saturated heterocycles. The van der Waals surface area contributed by atoms with E-state index < -0.39 is 0 Å². The van der Waals surface area contributed by atoms with Crippen LogP contribution in [0, 0.1) is 0 Å². The van der Waals surface area contributed by atoms with Crippen LogP contribution in [-0.2, 0) is 4.79 Å². The van der Waals surface area contributed by atoms with Gasteiger partial charge in [0.2, 0.25) is 0 Å². The standard InChI is InChI=1S/C19H38O/c1-3-5-7-9-10-11-12-13-14-16-18-19(20)17-15-8-6-4-2/h3-18H2,1-2H3. The van der Waals surface area contributed by atoms with Gasteiger partial charge >= 0.3 is 0 Å².